The van der Waals surface area contributed by atoms with Crippen LogP contribution in [-0.2, 0) is 9.31 Å². The van der Waals surface area contributed by atoms with E-state index in [9.17, 15) is 0 Å². The van der Waals surface area contributed by atoms with Crippen LogP contribution in [0.15, 0.2) is 156 Å². The molecule has 0 amide bonds. The fourth-order valence-corrected chi connectivity index (χ4v) is 6.93. The Labute approximate surface area is 304 Å². The highest BCUT2D eigenvalue weighted by Gasteiger charge is 2.52. The Morgan fingerprint density at radius 2 is 0.981 bits per heavy atom. The van der Waals surface area contributed by atoms with Gasteiger partial charge in [0.1, 0.15) is 11.2 Å². The number of fused-ring (bicyclic) bond motifs is 3. The van der Waals surface area contributed by atoms with Crippen molar-refractivity contribution in [3.63, 3.8) is 0 Å². The highest BCUT2D eigenvalue weighted by atomic mass is 16.7. The number of furan rings is 1. The number of hydrogen-bond acceptors (Lipinski definition) is 5. The Morgan fingerprint density at radius 3 is 1.62 bits per heavy atom. The molecule has 1 aliphatic rings. The van der Waals surface area contributed by atoms with Gasteiger partial charge >= 0.3 is 7.12 Å². The second kappa shape index (κ2) is 12.4. The molecule has 3 heterocycles. The summed E-state index contributed by atoms with van der Waals surface area (Å²) in [6.07, 6.45) is 0. The van der Waals surface area contributed by atoms with Crippen molar-refractivity contribution in [2.24, 2.45) is 0 Å². The lowest BCUT2D eigenvalue weighted by Gasteiger charge is -2.32. The summed E-state index contributed by atoms with van der Waals surface area (Å²) in [4.78, 5) is 10.3. The lowest BCUT2D eigenvalue weighted by molar-refractivity contribution is 0.00578. The van der Waals surface area contributed by atoms with Crippen molar-refractivity contribution < 1.29 is 13.7 Å². The van der Waals surface area contributed by atoms with Crippen molar-refractivity contribution in [2.75, 3.05) is 0 Å². The van der Waals surface area contributed by atoms with E-state index in [4.69, 9.17) is 23.7 Å². The second-order valence-electron chi connectivity index (χ2n) is 14.5. The van der Waals surface area contributed by atoms with Gasteiger partial charge in [-0.05, 0) is 79.7 Å². The van der Waals surface area contributed by atoms with Gasteiger partial charge in [0.25, 0.3) is 0 Å². The van der Waals surface area contributed by atoms with Gasteiger partial charge in [-0.25, -0.2) is 9.97 Å². The van der Waals surface area contributed by atoms with Crippen LogP contribution in [-0.4, -0.2) is 28.3 Å². The van der Waals surface area contributed by atoms with Crippen molar-refractivity contribution in [2.45, 2.75) is 38.9 Å². The van der Waals surface area contributed by atoms with Crippen LogP contribution in [0, 0.1) is 0 Å². The maximum atomic E-state index is 6.74. The third kappa shape index (κ3) is 5.70. The molecule has 0 radical (unpaired) electrons. The van der Waals surface area contributed by atoms with Crippen LogP contribution in [0.3, 0.4) is 0 Å². The summed E-state index contributed by atoms with van der Waals surface area (Å²) in [6, 6.07) is 52.2. The lowest BCUT2D eigenvalue weighted by atomic mass is 9.77. The van der Waals surface area contributed by atoms with E-state index >= 15 is 0 Å². The molecule has 9 rings (SSSR count). The van der Waals surface area contributed by atoms with E-state index in [2.05, 4.69) is 137 Å². The zero-order valence-electron chi connectivity index (χ0n) is 29.6. The molecule has 1 aliphatic heterocycles. The second-order valence-corrected chi connectivity index (χ2v) is 14.5. The third-order valence-corrected chi connectivity index (χ3v) is 10.5. The minimum absolute atomic E-state index is 0.500. The van der Waals surface area contributed by atoms with E-state index in [0.29, 0.717) is 5.82 Å². The first-order valence-corrected chi connectivity index (χ1v) is 17.7. The molecular formula is C46H37BN2O3. The number of rotatable bonds is 6. The van der Waals surface area contributed by atoms with Gasteiger partial charge in [0.05, 0.1) is 22.6 Å². The molecule has 0 N–H and O–H groups in total. The van der Waals surface area contributed by atoms with Gasteiger partial charge in [0.2, 0.25) is 0 Å². The van der Waals surface area contributed by atoms with Crippen LogP contribution in [0.5, 0.6) is 0 Å². The quantitative estimate of drug-likeness (QED) is 0.164. The molecule has 6 aromatic carbocycles. The summed E-state index contributed by atoms with van der Waals surface area (Å²) in [5, 5.41) is 1.99. The molecule has 0 unspecified atom stereocenters. The molecule has 0 atom stereocenters. The Balaban J connectivity index is 1.26. The minimum Gasteiger partial charge on any atom is -0.455 e. The number of aromatic nitrogens is 2. The summed E-state index contributed by atoms with van der Waals surface area (Å²) >= 11 is 0. The average molecular weight is 677 g/mol. The van der Waals surface area contributed by atoms with E-state index < -0.39 is 18.3 Å². The predicted octanol–water partition coefficient (Wildman–Crippen LogP) is 11.0. The van der Waals surface area contributed by atoms with Crippen LogP contribution in [0.25, 0.3) is 78.1 Å². The molecule has 0 bridgehead atoms. The molecule has 0 spiro atoms. The Bertz CT molecular complexity index is 2550. The van der Waals surface area contributed by atoms with Gasteiger partial charge in [0.15, 0.2) is 5.82 Å². The standard InChI is InChI=1S/C46H37BN2O3/c1-45(2)46(3,4)52-47(51-45)36-27-38-37-26-35(31-16-10-6-11-17-31)24-25-42(37)50-43(38)39(28-36)41-29-40(48-44(49-41)34-18-12-7-13-19-34)33-22-20-32(21-23-33)30-14-8-5-9-15-30/h5-29H,1-4H3. The third-order valence-electron chi connectivity index (χ3n) is 10.5. The molecule has 5 nitrogen and oxygen atoms in total. The lowest BCUT2D eigenvalue weighted by Crippen LogP contribution is -2.41. The van der Waals surface area contributed by atoms with Crippen molar-refractivity contribution in [3.05, 3.63) is 152 Å². The van der Waals surface area contributed by atoms with Crippen LogP contribution in [0.2, 0.25) is 0 Å². The number of hydrogen-bond donors (Lipinski definition) is 0. The Morgan fingerprint density at radius 1 is 0.462 bits per heavy atom. The zero-order valence-corrected chi connectivity index (χ0v) is 29.6. The summed E-state index contributed by atoms with van der Waals surface area (Å²) in [5.41, 5.74) is 10.4. The van der Waals surface area contributed by atoms with E-state index in [1.807, 2.05) is 42.5 Å². The topological polar surface area (TPSA) is 57.4 Å². The first-order valence-electron chi connectivity index (χ1n) is 17.7. The molecular weight excluding hydrogens is 639 g/mol. The van der Waals surface area contributed by atoms with Gasteiger partial charge in [-0.3, -0.25) is 0 Å². The van der Waals surface area contributed by atoms with Crippen LogP contribution >= 0.6 is 0 Å². The van der Waals surface area contributed by atoms with Gasteiger partial charge < -0.3 is 13.7 Å². The van der Waals surface area contributed by atoms with Gasteiger partial charge in [-0.15, -0.1) is 0 Å². The SMILES string of the molecule is CC1(C)OB(c2cc(-c3cc(-c4ccc(-c5ccccc5)cc4)nc(-c4ccccc4)n3)c3oc4ccc(-c5ccccc5)cc4c3c2)OC1(C)C. The summed E-state index contributed by atoms with van der Waals surface area (Å²) in [7, 11) is -0.573. The zero-order chi connectivity index (χ0) is 35.5. The highest BCUT2D eigenvalue weighted by Crippen LogP contribution is 2.41. The van der Waals surface area contributed by atoms with Crippen LogP contribution in [0.1, 0.15) is 27.7 Å². The van der Waals surface area contributed by atoms with E-state index in [0.717, 1.165) is 72.2 Å². The molecule has 1 saturated heterocycles. The number of nitrogens with zero attached hydrogens (tertiary/aromatic N) is 2. The normalized spacial score (nSPS) is 15.0. The van der Waals surface area contributed by atoms with Crippen molar-refractivity contribution in [1.29, 1.82) is 0 Å². The van der Waals surface area contributed by atoms with Gasteiger partial charge in [-0.1, -0.05) is 127 Å². The van der Waals surface area contributed by atoms with Crippen molar-refractivity contribution >= 4 is 34.5 Å². The van der Waals surface area contributed by atoms with Crippen LogP contribution < -0.4 is 5.46 Å². The number of benzene rings is 6. The maximum absolute atomic E-state index is 6.74. The molecule has 8 aromatic rings. The smallest absolute Gasteiger partial charge is 0.455 e. The summed E-state index contributed by atoms with van der Waals surface area (Å²) < 4.78 is 20.0. The van der Waals surface area contributed by atoms with E-state index in [-0.39, 0.29) is 0 Å². The monoisotopic (exact) mass is 676 g/mol. The maximum Gasteiger partial charge on any atom is 0.494 e. The predicted molar refractivity (Wildman–Crippen MR) is 212 cm³/mol. The molecule has 252 valence electrons. The summed E-state index contributed by atoms with van der Waals surface area (Å²) in [5.74, 6) is 0.636. The fraction of sp³-hybridized carbons (Fsp3) is 0.130. The molecule has 1 fully saturated rings. The Kier molecular flexibility index (Phi) is 7.69. The van der Waals surface area contributed by atoms with Gasteiger partial charge in [0, 0.05) is 27.5 Å². The van der Waals surface area contributed by atoms with Gasteiger partial charge in [-0.2, -0.15) is 0 Å². The highest BCUT2D eigenvalue weighted by molar-refractivity contribution is 6.62. The largest absolute Gasteiger partial charge is 0.494 e. The average Bonchev–Trinajstić information content (AvgIpc) is 3.66. The van der Waals surface area contributed by atoms with Crippen LogP contribution in [0.4, 0.5) is 0 Å². The molecule has 6 heteroatoms. The molecule has 2 aromatic heterocycles. The summed E-state index contributed by atoms with van der Waals surface area (Å²) in [6.45, 7) is 8.32. The minimum atomic E-state index is -0.573. The molecule has 52 heavy (non-hydrogen) atoms. The Hall–Kier alpha value is -5.82. The van der Waals surface area contributed by atoms with E-state index in [1.54, 1.807) is 0 Å². The first kappa shape index (κ1) is 32.1. The first-order chi connectivity index (χ1) is 25.2. The fourth-order valence-electron chi connectivity index (χ4n) is 6.93. The van der Waals surface area contributed by atoms with Crippen molar-refractivity contribution in [1.82, 2.24) is 9.97 Å². The molecule has 0 aliphatic carbocycles. The van der Waals surface area contributed by atoms with E-state index in [1.165, 1.54) is 5.56 Å². The molecule has 0 saturated carbocycles. The van der Waals surface area contributed by atoms with Crippen molar-refractivity contribution in [3.8, 4) is 56.2 Å².